The summed E-state index contributed by atoms with van der Waals surface area (Å²) in [6.45, 7) is 6.43. The summed E-state index contributed by atoms with van der Waals surface area (Å²) in [7, 11) is 1.92. The van der Waals surface area contributed by atoms with Gasteiger partial charge in [0.25, 0.3) is 0 Å². The van der Waals surface area contributed by atoms with Crippen LogP contribution in [0.2, 0.25) is 0 Å². The Hall–Kier alpha value is -1.77. The predicted molar refractivity (Wildman–Crippen MR) is 71.2 cm³/mol. The van der Waals surface area contributed by atoms with Crippen molar-refractivity contribution in [3.63, 3.8) is 0 Å². The van der Waals surface area contributed by atoms with Crippen molar-refractivity contribution in [2.24, 2.45) is 7.05 Å². The number of nitrogens with one attached hydrogen (secondary N) is 1. The summed E-state index contributed by atoms with van der Waals surface area (Å²) in [6.07, 6.45) is 1.94. The third-order valence-corrected chi connectivity index (χ3v) is 2.97. The highest BCUT2D eigenvalue weighted by atomic mass is 15.3. The normalized spacial score (nSPS) is 12.5. The smallest absolute Gasteiger partial charge is 0.148 e. The van der Waals surface area contributed by atoms with E-state index in [-0.39, 0.29) is 6.04 Å². The number of nitrogens with zero attached hydrogens (tertiary/aromatic N) is 2. The molecule has 3 heteroatoms. The van der Waals surface area contributed by atoms with Gasteiger partial charge in [-0.3, -0.25) is 4.68 Å². The van der Waals surface area contributed by atoms with Gasteiger partial charge in [-0.25, -0.2) is 0 Å². The van der Waals surface area contributed by atoms with E-state index in [0.29, 0.717) is 0 Å². The van der Waals surface area contributed by atoms with Crippen LogP contribution >= 0.6 is 0 Å². The first-order valence-electron chi connectivity index (χ1n) is 5.89. The summed E-state index contributed by atoms with van der Waals surface area (Å²) in [6, 6.07) is 8.81. The minimum absolute atomic E-state index is 0.269. The second-order valence-corrected chi connectivity index (χ2v) is 4.60. The molecule has 1 aromatic carbocycles. The van der Waals surface area contributed by atoms with Gasteiger partial charge in [-0.05, 0) is 31.9 Å². The average Bonchev–Trinajstić information content (AvgIpc) is 2.63. The number of benzene rings is 1. The molecule has 90 valence electrons. The molecule has 0 aliphatic rings. The quantitative estimate of drug-likeness (QED) is 0.875. The molecule has 1 heterocycles. The summed E-state index contributed by atoms with van der Waals surface area (Å²) in [5, 5.41) is 7.74. The molecule has 0 saturated carbocycles. The Morgan fingerprint density at radius 2 is 2.00 bits per heavy atom. The van der Waals surface area contributed by atoms with E-state index < -0.39 is 0 Å². The number of hydrogen-bond acceptors (Lipinski definition) is 2. The van der Waals surface area contributed by atoms with Crippen molar-refractivity contribution in [2.75, 3.05) is 5.32 Å². The van der Waals surface area contributed by atoms with Crippen molar-refractivity contribution >= 4 is 5.82 Å². The monoisotopic (exact) mass is 229 g/mol. The highest BCUT2D eigenvalue weighted by molar-refractivity contribution is 5.40. The van der Waals surface area contributed by atoms with Gasteiger partial charge in [-0.15, -0.1) is 0 Å². The van der Waals surface area contributed by atoms with Gasteiger partial charge < -0.3 is 5.32 Å². The Kier molecular flexibility index (Phi) is 3.18. The maximum atomic E-state index is 4.33. The summed E-state index contributed by atoms with van der Waals surface area (Å²) in [5.74, 6) is 0.917. The maximum Gasteiger partial charge on any atom is 0.148 e. The fourth-order valence-electron chi connectivity index (χ4n) is 2.10. The van der Waals surface area contributed by atoms with Crippen LogP contribution in [0.5, 0.6) is 0 Å². The number of rotatable bonds is 3. The van der Waals surface area contributed by atoms with Crippen LogP contribution in [0.1, 0.15) is 29.7 Å². The van der Waals surface area contributed by atoms with Gasteiger partial charge in [-0.1, -0.05) is 23.8 Å². The second-order valence-electron chi connectivity index (χ2n) is 4.60. The number of aromatic nitrogens is 2. The van der Waals surface area contributed by atoms with Crippen LogP contribution in [0.3, 0.4) is 0 Å². The van der Waals surface area contributed by atoms with Crippen LogP contribution in [-0.4, -0.2) is 9.78 Å². The molecule has 2 aromatic rings. The Labute approximate surface area is 102 Å². The van der Waals surface area contributed by atoms with Gasteiger partial charge in [0, 0.05) is 19.3 Å². The number of anilines is 1. The third-order valence-electron chi connectivity index (χ3n) is 2.97. The highest BCUT2D eigenvalue weighted by Crippen LogP contribution is 2.21. The fourth-order valence-corrected chi connectivity index (χ4v) is 2.10. The first kappa shape index (κ1) is 11.7. The minimum Gasteiger partial charge on any atom is -0.362 e. The lowest BCUT2D eigenvalue weighted by Crippen LogP contribution is -2.09. The van der Waals surface area contributed by atoms with Crippen molar-refractivity contribution in [1.29, 1.82) is 0 Å². The molecule has 0 radical (unpaired) electrons. The van der Waals surface area contributed by atoms with Gasteiger partial charge in [0.05, 0.1) is 6.04 Å². The lowest BCUT2D eigenvalue weighted by atomic mass is 10.0. The zero-order chi connectivity index (χ0) is 12.4. The van der Waals surface area contributed by atoms with Crippen LogP contribution in [0, 0.1) is 13.8 Å². The molecule has 0 bridgehead atoms. The second kappa shape index (κ2) is 4.62. The predicted octanol–water partition coefficient (Wildman–Crippen LogP) is 3.21. The molecular weight excluding hydrogens is 210 g/mol. The van der Waals surface area contributed by atoms with Crippen LogP contribution in [0.25, 0.3) is 0 Å². The van der Waals surface area contributed by atoms with E-state index in [1.54, 1.807) is 4.68 Å². The molecule has 0 aliphatic carbocycles. The number of aryl methyl sites for hydroxylation is 3. The van der Waals surface area contributed by atoms with Gasteiger partial charge in [0.1, 0.15) is 5.82 Å². The van der Waals surface area contributed by atoms with Gasteiger partial charge in [0.2, 0.25) is 0 Å². The lowest BCUT2D eigenvalue weighted by Gasteiger charge is -2.16. The van der Waals surface area contributed by atoms with Crippen molar-refractivity contribution in [3.8, 4) is 0 Å². The van der Waals surface area contributed by atoms with Crippen molar-refractivity contribution in [1.82, 2.24) is 9.78 Å². The molecule has 0 aliphatic heterocycles. The van der Waals surface area contributed by atoms with Crippen LogP contribution in [-0.2, 0) is 7.05 Å². The van der Waals surface area contributed by atoms with Gasteiger partial charge in [0.15, 0.2) is 0 Å². The zero-order valence-corrected chi connectivity index (χ0v) is 10.9. The summed E-state index contributed by atoms with van der Waals surface area (Å²) >= 11 is 0. The summed E-state index contributed by atoms with van der Waals surface area (Å²) < 4.78 is 1.80. The molecule has 0 fully saturated rings. The van der Waals surface area contributed by atoms with Crippen LogP contribution in [0.4, 0.5) is 5.82 Å². The average molecular weight is 229 g/mol. The van der Waals surface area contributed by atoms with Crippen LogP contribution < -0.4 is 5.32 Å². The van der Waals surface area contributed by atoms with E-state index in [9.17, 15) is 0 Å². The summed E-state index contributed by atoms with van der Waals surface area (Å²) in [4.78, 5) is 0. The van der Waals surface area contributed by atoms with E-state index in [2.05, 4.69) is 49.4 Å². The first-order chi connectivity index (χ1) is 8.06. The standard InChI is InChI=1S/C14H19N3/c1-10-5-6-13(11(2)9-10)12(3)15-14-7-8-17(4)16-14/h5-9,12H,1-4H3,(H,15,16). The van der Waals surface area contributed by atoms with E-state index >= 15 is 0 Å². The van der Waals surface area contributed by atoms with Crippen molar-refractivity contribution in [3.05, 3.63) is 47.2 Å². The van der Waals surface area contributed by atoms with Crippen LogP contribution in [0.15, 0.2) is 30.5 Å². The maximum absolute atomic E-state index is 4.33. The Bertz CT molecular complexity index is 514. The van der Waals surface area contributed by atoms with Crippen molar-refractivity contribution < 1.29 is 0 Å². The Morgan fingerprint density at radius 1 is 1.24 bits per heavy atom. The Balaban J connectivity index is 2.17. The topological polar surface area (TPSA) is 29.9 Å². The minimum atomic E-state index is 0.269. The van der Waals surface area contributed by atoms with E-state index in [0.717, 1.165) is 5.82 Å². The van der Waals surface area contributed by atoms with Crippen molar-refractivity contribution in [2.45, 2.75) is 26.8 Å². The van der Waals surface area contributed by atoms with Gasteiger partial charge in [-0.2, -0.15) is 5.10 Å². The molecule has 17 heavy (non-hydrogen) atoms. The van der Waals surface area contributed by atoms with E-state index in [1.165, 1.54) is 16.7 Å². The number of hydrogen-bond donors (Lipinski definition) is 1. The summed E-state index contributed by atoms with van der Waals surface area (Å²) in [5.41, 5.74) is 3.94. The molecule has 1 unspecified atom stereocenters. The molecule has 0 amide bonds. The molecule has 2 rings (SSSR count). The molecule has 1 atom stereocenters. The lowest BCUT2D eigenvalue weighted by molar-refractivity contribution is 0.759. The molecule has 0 spiro atoms. The van der Waals surface area contributed by atoms with Gasteiger partial charge >= 0.3 is 0 Å². The highest BCUT2D eigenvalue weighted by Gasteiger charge is 2.09. The van der Waals surface area contributed by atoms with E-state index in [1.807, 2.05) is 19.3 Å². The largest absolute Gasteiger partial charge is 0.362 e. The SMILES string of the molecule is Cc1ccc(C(C)Nc2ccn(C)n2)c(C)c1. The first-order valence-corrected chi connectivity index (χ1v) is 5.89. The molecule has 1 aromatic heterocycles. The molecule has 3 nitrogen and oxygen atoms in total. The molecular formula is C14H19N3. The zero-order valence-electron chi connectivity index (χ0n) is 10.9. The third kappa shape index (κ3) is 2.67. The van der Waals surface area contributed by atoms with E-state index in [4.69, 9.17) is 0 Å². The molecule has 1 N–H and O–H groups in total. The molecule has 0 saturated heterocycles. The Morgan fingerprint density at radius 3 is 2.59 bits per heavy atom. The fraction of sp³-hybridized carbons (Fsp3) is 0.357.